The summed E-state index contributed by atoms with van der Waals surface area (Å²) in [5.74, 6) is 0.386. The van der Waals surface area contributed by atoms with E-state index < -0.39 is 0 Å². The molecule has 4 heterocycles. The first kappa shape index (κ1) is 15.9. The zero-order chi connectivity index (χ0) is 15.8. The number of nitrogen functional groups attached to an aromatic ring is 1. The average Bonchev–Trinajstić information content (AvgIpc) is 2.91. The highest BCUT2D eigenvalue weighted by molar-refractivity contribution is 6.03. The van der Waals surface area contributed by atoms with Gasteiger partial charge in [-0.15, -0.1) is 12.4 Å². The van der Waals surface area contributed by atoms with Gasteiger partial charge in [-0.2, -0.15) is 4.98 Å². The minimum Gasteiger partial charge on any atom is -0.464 e. The van der Waals surface area contributed by atoms with E-state index in [2.05, 4.69) is 19.9 Å². The summed E-state index contributed by atoms with van der Waals surface area (Å²) in [5, 5.41) is 0.952. The van der Waals surface area contributed by atoms with Crippen LogP contribution in [0.25, 0.3) is 27.8 Å². The molecule has 0 saturated heterocycles. The maximum Gasteiger partial charge on any atom is 0.316 e. The second-order valence-electron chi connectivity index (χ2n) is 4.93. The predicted molar refractivity (Wildman–Crippen MR) is 94.3 cm³/mol. The van der Waals surface area contributed by atoms with E-state index in [0.29, 0.717) is 18.6 Å². The molecule has 0 unspecified atom stereocenters. The molecular weight excluding hydrogens is 328 g/mol. The molecule has 0 fully saturated rings. The molecule has 24 heavy (non-hydrogen) atoms. The maximum absolute atomic E-state index is 6.05. The van der Waals surface area contributed by atoms with Crippen LogP contribution in [0.5, 0.6) is 6.01 Å². The van der Waals surface area contributed by atoms with Crippen molar-refractivity contribution >= 4 is 34.9 Å². The minimum atomic E-state index is 0. The zero-order valence-electron chi connectivity index (χ0n) is 12.9. The Bertz CT molecular complexity index is 1020. The average molecular weight is 343 g/mol. The number of hydrogen-bond donors (Lipinski definition) is 1. The standard InChI is InChI=1S/C16H14N6O.ClH/c1-2-23-16-20-8-5-11(21-16)13-10-4-3-7-18-14(10)22-12(13)6-9-19-15(22)17;/h3-9H,2H2,1H3,(H2,17,19);1H. The van der Waals surface area contributed by atoms with Crippen molar-refractivity contribution in [2.24, 2.45) is 0 Å². The lowest BCUT2D eigenvalue weighted by Crippen LogP contribution is -2.00. The molecule has 4 aromatic heterocycles. The van der Waals surface area contributed by atoms with Crippen molar-refractivity contribution in [3.63, 3.8) is 0 Å². The third kappa shape index (κ3) is 2.39. The van der Waals surface area contributed by atoms with Gasteiger partial charge in [0, 0.05) is 29.5 Å². The largest absolute Gasteiger partial charge is 0.464 e. The lowest BCUT2D eigenvalue weighted by molar-refractivity contribution is 0.313. The van der Waals surface area contributed by atoms with Crippen LogP contribution in [0.1, 0.15) is 6.92 Å². The van der Waals surface area contributed by atoms with Crippen LogP contribution < -0.4 is 10.5 Å². The Balaban J connectivity index is 0.00000169. The summed E-state index contributed by atoms with van der Waals surface area (Å²) in [6.45, 7) is 2.41. The van der Waals surface area contributed by atoms with Crippen molar-refractivity contribution in [2.45, 2.75) is 6.92 Å². The fourth-order valence-electron chi connectivity index (χ4n) is 2.71. The number of fused-ring (bicyclic) bond motifs is 3. The molecule has 0 aliphatic heterocycles. The monoisotopic (exact) mass is 342 g/mol. The lowest BCUT2D eigenvalue weighted by atomic mass is 10.1. The fraction of sp³-hybridized carbons (Fsp3) is 0.125. The summed E-state index contributed by atoms with van der Waals surface area (Å²) in [6, 6.07) is 7.98. The number of hydrogen-bond acceptors (Lipinski definition) is 6. The molecule has 0 amide bonds. The second-order valence-corrected chi connectivity index (χ2v) is 4.93. The number of aromatic nitrogens is 5. The predicted octanol–water partition coefficient (Wildman–Crippen LogP) is 2.74. The first-order chi connectivity index (χ1) is 11.3. The molecule has 0 saturated carbocycles. The Kier molecular flexibility index (Phi) is 4.18. The Morgan fingerprint density at radius 2 is 1.92 bits per heavy atom. The van der Waals surface area contributed by atoms with Crippen molar-refractivity contribution in [2.75, 3.05) is 12.3 Å². The van der Waals surface area contributed by atoms with Crippen LogP contribution in [-0.2, 0) is 0 Å². The molecule has 122 valence electrons. The highest BCUT2D eigenvalue weighted by Crippen LogP contribution is 2.34. The summed E-state index contributed by atoms with van der Waals surface area (Å²) in [5.41, 5.74) is 9.39. The van der Waals surface area contributed by atoms with Gasteiger partial charge in [0.15, 0.2) is 0 Å². The molecule has 4 aromatic rings. The number of nitrogens with zero attached hydrogens (tertiary/aromatic N) is 5. The molecule has 0 aromatic carbocycles. The van der Waals surface area contributed by atoms with E-state index in [1.165, 1.54) is 0 Å². The van der Waals surface area contributed by atoms with Gasteiger partial charge in [-0.25, -0.2) is 15.0 Å². The summed E-state index contributed by atoms with van der Waals surface area (Å²) in [6.07, 6.45) is 5.10. The van der Waals surface area contributed by atoms with Gasteiger partial charge in [0.25, 0.3) is 0 Å². The van der Waals surface area contributed by atoms with Crippen LogP contribution in [-0.4, -0.2) is 30.9 Å². The molecule has 0 bridgehead atoms. The number of ether oxygens (including phenoxy) is 1. The van der Waals surface area contributed by atoms with E-state index in [0.717, 1.165) is 27.8 Å². The maximum atomic E-state index is 6.05. The van der Waals surface area contributed by atoms with Crippen LogP contribution in [0.2, 0.25) is 0 Å². The van der Waals surface area contributed by atoms with Crippen molar-refractivity contribution in [1.29, 1.82) is 0 Å². The fourth-order valence-corrected chi connectivity index (χ4v) is 2.71. The molecule has 0 radical (unpaired) electrons. The molecule has 7 nitrogen and oxygen atoms in total. The first-order valence-corrected chi connectivity index (χ1v) is 7.25. The Morgan fingerprint density at radius 3 is 2.75 bits per heavy atom. The summed E-state index contributed by atoms with van der Waals surface area (Å²) in [7, 11) is 0. The zero-order valence-corrected chi connectivity index (χ0v) is 13.7. The SMILES string of the molecule is CCOc1nccc(-c2c3cccnc3n3c(N)nccc23)n1.Cl. The van der Waals surface area contributed by atoms with Gasteiger partial charge in [-0.05, 0) is 31.2 Å². The molecule has 4 rings (SSSR count). The second kappa shape index (κ2) is 6.29. The summed E-state index contributed by atoms with van der Waals surface area (Å²) >= 11 is 0. The smallest absolute Gasteiger partial charge is 0.316 e. The van der Waals surface area contributed by atoms with Gasteiger partial charge >= 0.3 is 6.01 Å². The van der Waals surface area contributed by atoms with Crippen LogP contribution in [0.15, 0.2) is 42.9 Å². The van der Waals surface area contributed by atoms with Gasteiger partial charge in [0.1, 0.15) is 5.65 Å². The molecule has 0 aliphatic rings. The van der Waals surface area contributed by atoms with Crippen LogP contribution in [0, 0.1) is 0 Å². The van der Waals surface area contributed by atoms with Gasteiger partial charge in [0.2, 0.25) is 5.95 Å². The molecule has 2 N–H and O–H groups in total. The molecule has 8 heteroatoms. The molecule has 0 atom stereocenters. The van der Waals surface area contributed by atoms with Crippen molar-refractivity contribution in [3.05, 3.63) is 42.9 Å². The Hall–Kier alpha value is -2.93. The van der Waals surface area contributed by atoms with Crippen molar-refractivity contribution < 1.29 is 4.74 Å². The highest BCUT2D eigenvalue weighted by Gasteiger charge is 2.17. The van der Waals surface area contributed by atoms with Gasteiger partial charge in [0.05, 0.1) is 17.8 Å². The molecular formula is C16H15ClN6O. The number of rotatable bonds is 3. The lowest BCUT2D eigenvalue weighted by Gasteiger charge is -2.04. The number of anilines is 1. The summed E-state index contributed by atoms with van der Waals surface area (Å²) in [4.78, 5) is 17.2. The van der Waals surface area contributed by atoms with E-state index in [9.17, 15) is 0 Å². The van der Waals surface area contributed by atoms with Crippen molar-refractivity contribution in [1.82, 2.24) is 24.3 Å². The number of halogens is 1. The van der Waals surface area contributed by atoms with E-state index in [-0.39, 0.29) is 12.4 Å². The molecule has 0 aliphatic carbocycles. The van der Waals surface area contributed by atoms with Crippen LogP contribution >= 0.6 is 12.4 Å². The van der Waals surface area contributed by atoms with Gasteiger partial charge in [-0.1, -0.05) is 0 Å². The Morgan fingerprint density at radius 1 is 1.08 bits per heavy atom. The normalized spacial score (nSPS) is 10.7. The van der Waals surface area contributed by atoms with Gasteiger partial charge in [-0.3, -0.25) is 4.40 Å². The first-order valence-electron chi connectivity index (χ1n) is 7.25. The topological polar surface area (TPSA) is 91.2 Å². The van der Waals surface area contributed by atoms with Crippen LogP contribution in [0.4, 0.5) is 5.95 Å². The quantitative estimate of drug-likeness (QED) is 0.615. The Labute approximate surface area is 144 Å². The highest BCUT2D eigenvalue weighted by atomic mass is 35.5. The van der Waals surface area contributed by atoms with E-state index in [4.69, 9.17) is 10.5 Å². The van der Waals surface area contributed by atoms with Crippen LogP contribution in [0.3, 0.4) is 0 Å². The van der Waals surface area contributed by atoms with E-state index >= 15 is 0 Å². The minimum absolute atomic E-state index is 0. The number of pyridine rings is 1. The molecule has 0 spiro atoms. The van der Waals surface area contributed by atoms with E-state index in [1.54, 1.807) is 18.6 Å². The third-order valence-corrected chi connectivity index (χ3v) is 3.60. The number of nitrogens with two attached hydrogens (primary N) is 1. The van der Waals surface area contributed by atoms with E-state index in [1.807, 2.05) is 35.6 Å². The summed E-state index contributed by atoms with van der Waals surface area (Å²) < 4.78 is 7.24. The van der Waals surface area contributed by atoms with Gasteiger partial charge < -0.3 is 10.5 Å². The third-order valence-electron chi connectivity index (χ3n) is 3.60. The van der Waals surface area contributed by atoms with Crippen molar-refractivity contribution in [3.8, 4) is 17.3 Å².